The van der Waals surface area contributed by atoms with Crippen LogP contribution in [-0.4, -0.2) is 25.5 Å². The second kappa shape index (κ2) is 9.10. The topological polar surface area (TPSA) is 107 Å². The third-order valence-corrected chi connectivity index (χ3v) is 7.75. The molecule has 2 aromatic rings. The molecule has 7 nitrogen and oxygen atoms in total. The van der Waals surface area contributed by atoms with Crippen LogP contribution in [0, 0.1) is 19.8 Å². The third kappa shape index (κ3) is 4.37. The lowest BCUT2D eigenvalue weighted by Gasteiger charge is -2.18. The molecule has 0 bridgehead atoms. The first-order chi connectivity index (χ1) is 16.1. The maximum absolute atomic E-state index is 13.2. The van der Waals surface area contributed by atoms with Crippen molar-refractivity contribution in [1.29, 1.82) is 0 Å². The summed E-state index contributed by atoms with van der Waals surface area (Å²) in [5, 5.41) is 9.29. The zero-order valence-corrected chi connectivity index (χ0v) is 19.9. The van der Waals surface area contributed by atoms with Gasteiger partial charge in [-0.05, 0) is 62.8 Å². The van der Waals surface area contributed by atoms with Crippen LogP contribution in [0.3, 0.4) is 0 Å². The van der Waals surface area contributed by atoms with Gasteiger partial charge in [0.25, 0.3) is 0 Å². The third-order valence-electron chi connectivity index (χ3n) is 6.51. The van der Waals surface area contributed by atoms with Gasteiger partial charge in [-0.2, -0.15) is 8.42 Å². The Morgan fingerprint density at radius 2 is 1.97 bits per heavy atom. The fraction of sp³-hybridized carbons (Fsp3) is 0.308. The number of hydrogen-bond acceptors (Lipinski definition) is 6. The SMILES string of the molecule is C=Cc1c(C)c2c(c(OS(=O)(=O)c3ccc(C)cc3)c1C/C=C1\CCC(C(=O)O)C1)C(=O)OC2. The molecule has 1 heterocycles. The molecule has 1 fully saturated rings. The lowest BCUT2D eigenvalue weighted by Crippen LogP contribution is -2.15. The van der Waals surface area contributed by atoms with Crippen molar-refractivity contribution < 1.29 is 32.0 Å². The molecule has 0 aromatic heterocycles. The average Bonchev–Trinajstić information content (AvgIpc) is 3.42. The number of fused-ring (bicyclic) bond motifs is 1. The Kier molecular flexibility index (Phi) is 6.36. The molecule has 2 aromatic carbocycles. The van der Waals surface area contributed by atoms with Crippen LogP contribution in [0.15, 0.2) is 47.4 Å². The minimum Gasteiger partial charge on any atom is -0.481 e. The van der Waals surface area contributed by atoms with Crippen molar-refractivity contribution in [2.45, 2.75) is 51.0 Å². The first kappa shape index (κ1) is 23.8. The van der Waals surface area contributed by atoms with Crippen molar-refractivity contribution in [3.63, 3.8) is 0 Å². The molecule has 0 saturated heterocycles. The van der Waals surface area contributed by atoms with Crippen molar-refractivity contribution in [1.82, 2.24) is 0 Å². The Balaban J connectivity index is 1.82. The highest BCUT2D eigenvalue weighted by molar-refractivity contribution is 7.87. The summed E-state index contributed by atoms with van der Waals surface area (Å²) in [5.41, 5.74) is 4.54. The Hall–Kier alpha value is -3.39. The quantitative estimate of drug-likeness (QED) is 0.345. The summed E-state index contributed by atoms with van der Waals surface area (Å²) >= 11 is 0. The van der Waals surface area contributed by atoms with E-state index in [1.54, 1.807) is 18.2 Å². The number of aliphatic carboxylic acids is 1. The number of carboxylic acids is 1. The van der Waals surface area contributed by atoms with Crippen molar-refractivity contribution in [2.75, 3.05) is 0 Å². The molecule has 0 radical (unpaired) electrons. The molecule has 4 rings (SSSR count). The van der Waals surface area contributed by atoms with Crippen LogP contribution in [0.1, 0.15) is 57.4 Å². The van der Waals surface area contributed by atoms with E-state index >= 15 is 0 Å². The minimum atomic E-state index is -4.23. The first-order valence-electron chi connectivity index (χ1n) is 11.0. The Bertz CT molecular complexity index is 1320. The van der Waals surface area contributed by atoms with E-state index in [0.717, 1.165) is 16.7 Å². The maximum atomic E-state index is 13.2. The molecule has 1 N–H and O–H groups in total. The van der Waals surface area contributed by atoms with Crippen molar-refractivity contribution in [3.8, 4) is 5.75 Å². The normalized spacial score (nSPS) is 18.6. The smallest absolute Gasteiger partial charge is 0.342 e. The molecule has 178 valence electrons. The molecule has 2 aliphatic rings. The molecular weight excluding hydrogens is 456 g/mol. The van der Waals surface area contributed by atoms with Gasteiger partial charge in [-0.1, -0.05) is 42.0 Å². The van der Waals surface area contributed by atoms with Gasteiger partial charge in [-0.3, -0.25) is 4.79 Å². The summed E-state index contributed by atoms with van der Waals surface area (Å²) in [5.74, 6) is -1.93. The summed E-state index contributed by atoms with van der Waals surface area (Å²) in [7, 11) is -4.23. The zero-order chi connectivity index (χ0) is 24.6. The summed E-state index contributed by atoms with van der Waals surface area (Å²) in [6.07, 6.45) is 5.46. The molecular formula is C26H26O7S. The second-order valence-corrected chi connectivity index (χ2v) is 10.2. The lowest BCUT2D eigenvalue weighted by atomic mass is 9.90. The van der Waals surface area contributed by atoms with Gasteiger partial charge in [0.2, 0.25) is 0 Å². The molecule has 1 saturated carbocycles. The van der Waals surface area contributed by atoms with Gasteiger partial charge in [0.05, 0.1) is 5.92 Å². The van der Waals surface area contributed by atoms with Crippen LogP contribution in [-0.2, 0) is 32.7 Å². The lowest BCUT2D eigenvalue weighted by molar-refractivity contribution is -0.141. The van der Waals surface area contributed by atoms with Crippen LogP contribution in [0.4, 0.5) is 0 Å². The van der Waals surface area contributed by atoms with Crippen LogP contribution in [0.5, 0.6) is 5.75 Å². The predicted octanol–water partition coefficient (Wildman–Crippen LogP) is 4.74. The van der Waals surface area contributed by atoms with Gasteiger partial charge < -0.3 is 14.0 Å². The van der Waals surface area contributed by atoms with E-state index in [0.29, 0.717) is 36.0 Å². The van der Waals surface area contributed by atoms with Crippen molar-refractivity contribution in [3.05, 3.63) is 75.9 Å². The molecule has 8 heteroatoms. The molecule has 0 amide bonds. The Labute approximate surface area is 198 Å². The van der Waals surface area contributed by atoms with Gasteiger partial charge in [-0.25, -0.2) is 4.79 Å². The standard InChI is InChI=1S/C26H26O7S/c1-4-20-16(3)22-14-32-26(29)23(22)24(33-34(30,31)19-10-5-15(2)6-11-19)21(20)12-8-17-7-9-18(13-17)25(27)28/h4-6,8,10-11,18H,1,7,9,12-14H2,2-3H3,(H,27,28)/b17-8+. The van der Waals surface area contributed by atoms with E-state index < -0.39 is 28.0 Å². The summed E-state index contributed by atoms with van der Waals surface area (Å²) in [6.45, 7) is 7.60. The van der Waals surface area contributed by atoms with Gasteiger partial charge in [0.1, 0.15) is 17.1 Å². The second-order valence-electron chi connectivity index (χ2n) is 8.68. The molecule has 1 unspecified atom stereocenters. The molecule has 1 atom stereocenters. The van der Waals surface area contributed by atoms with E-state index in [-0.39, 0.29) is 29.2 Å². The monoisotopic (exact) mass is 482 g/mol. The van der Waals surface area contributed by atoms with E-state index in [1.165, 1.54) is 12.1 Å². The number of carbonyl (C=O) groups excluding carboxylic acids is 1. The molecule has 1 aliphatic heterocycles. The Morgan fingerprint density at radius 3 is 2.59 bits per heavy atom. The number of carboxylic acid groups (broad SMARTS) is 1. The zero-order valence-electron chi connectivity index (χ0n) is 19.1. The van der Waals surface area contributed by atoms with Crippen LogP contribution in [0.2, 0.25) is 0 Å². The van der Waals surface area contributed by atoms with Gasteiger partial charge in [0, 0.05) is 11.1 Å². The van der Waals surface area contributed by atoms with Crippen LogP contribution < -0.4 is 4.18 Å². The average molecular weight is 483 g/mol. The molecule has 34 heavy (non-hydrogen) atoms. The molecule has 0 spiro atoms. The van der Waals surface area contributed by atoms with Gasteiger partial charge in [0.15, 0.2) is 5.75 Å². The number of rotatable bonds is 7. The number of ether oxygens (including phenoxy) is 1. The van der Waals surface area contributed by atoms with E-state index in [1.807, 2.05) is 19.9 Å². The highest BCUT2D eigenvalue weighted by Gasteiger charge is 2.34. The predicted molar refractivity (Wildman–Crippen MR) is 126 cm³/mol. The van der Waals surface area contributed by atoms with E-state index in [9.17, 15) is 23.1 Å². The summed E-state index contributed by atoms with van der Waals surface area (Å²) < 4.78 is 37.2. The van der Waals surface area contributed by atoms with E-state index in [4.69, 9.17) is 8.92 Å². The highest BCUT2D eigenvalue weighted by atomic mass is 32.2. The maximum Gasteiger partial charge on any atom is 0.342 e. The van der Waals surface area contributed by atoms with Crippen molar-refractivity contribution in [2.24, 2.45) is 5.92 Å². The number of aryl methyl sites for hydroxylation is 1. The van der Waals surface area contributed by atoms with Crippen LogP contribution in [0.25, 0.3) is 6.08 Å². The van der Waals surface area contributed by atoms with Crippen LogP contribution >= 0.6 is 0 Å². The number of allylic oxidation sites excluding steroid dienone is 2. The van der Waals surface area contributed by atoms with Crippen molar-refractivity contribution >= 4 is 28.1 Å². The van der Waals surface area contributed by atoms with Gasteiger partial charge >= 0.3 is 22.1 Å². The highest BCUT2D eigenvalue weighted by Crippen LogP contribution is 2.41. The molecule has 1 aliphatic carbocycles. The number of cyclic esters (lactones) is 1. The number of hydrogen-bond donors (Lipinski definition) is 1. The number of benzene rings is 2. The largest absolute Gasteiger partial charge is 0.481 e. The summed E-state index contributed by atoms with van der Waals surface area (Å²) in [6, 6.07) is 6.25. The minimum absolute atomic E-state index is 0.0247. The number of carbonyl (C=O) groups is 2. The fourth-order valence-corrected chi connectivity index (χ4v) is 5.52. The summed E-state index contributed by atoms with van der Waals surface area (Å²) in [4.78, 5) is 23.9. The van der Waals surface area contributed by atoms with Gasteiger partial charge in [-0.15, -0.1) is 0 Å². The van der Waals surface area contributed by atoms with E-state index in [2.05, 4.69) is 6.58 Å². The number of esters is 1. The first-order valence-corrected chi connectivity index (χ1v) is 12.4. The Morgan fingerprint density at radius 1 is 1.26 bits per heavy atom. The fourth-order valence-electron chi connectivity index (χ4n) is 4.55.